The lowest BCUT2D eigenvalue weighted by atomic mass is 10.2. The molecule has 28 heavy (non-hydrogen) atoms. The van der Waals surface area contributed by atoms with Gasteiger partial charge in [0.2, 0.25) is 0 Å². The number of hydroxylamine groups is 1. The van der Waals surface area contributed by atoms with Gasteiger partial charge in [0.1, 0.15) is 5.82 Å². The van der Waals surface area contributed by atoms with E-state index >= 15 is 0 Å². The molecule has 0 aliphatic carbocycles. The Morgan fingerprint density at radius 3 is 2.61 bits per heavy atom. The highest BCUT2D eigenvalue weighted by Crippen LogP contribution is 2.18. The lowest BCUT2D eigenvalue weighted by Gasteiger charge is -2.26. The van der Waals surface area contributed by atoms with Crippen LogP contribution < -0.4 is 10.8 Å². The van der Waals surface area contributed by atoms with E-state index in [1.807, 2.05) is 6.92 Å². The number of halogens is 1. The Labute approximate surface area is 163 Å². The molecule has 3 N–H and O–H groups in total. The second-order valence-corrected chi connectivity index (χ2v) is 8.48. The highest BCUT2D eigenvalue weighted by molar-refractivity contribution is 7.86. The summed E-state index contributed by atoms with van der Waals surface area (Å²) in [4.78, 5) is 23.7. The van der Waals surface area contributed by atoms with Crippen LogP contribution in [0.25, 0.3) is 0 Å². The Morgan fingerprint density at radius 1 is 1.32 bits per heavy atom. The average Bonchev–Trinajstić information content (AvgIpc) is 3.14. The molecule has 0 saturated carbocycles. The van der Waals surface area contributed by atoms with Crippen molar-refractivity contribution in [3.63, 3.8) is 0 Å². The van der Waals surface area contributed by atoms with Gasteiger partial charge in [0.15, 0.2) is 0 Å². The fourth-order valence-corrected chi connectivity index (χ4v) is 4.57. The summed E-state index contributed by atoms with van der Waals surface area (Å²) in [5.41, 5.74) is 1.73. The topological polar surface area (TPSA) is 119 Å². The number of amides is 2. The Morgan fingerprint density at radius 2 is 2.00 bits per heavy atom. The highest BCUT2D eigenvalue weighted by Gasteiger charge is 2.36. The van der Waals surface area contributed by atoms with E-state index < -0.39 is 40.4 Å². The zero-order chi connectivity index (χ0) is 20.7. The Balaban J connectivity index is 2.01. The van der Waals surface area contributed by atoms with Crippen LogP contribution in [0.2, 0.25) is 0 Å². The lowest BCUT2D eigenvalue weighted by Crippen LogP contribution is -2.48. The minimum absolute atomic E-state index is 0.0681. The Bertz CT molecular complexity index is 787. The van der Waals surface area contributed by atoms with E-state index in [9.17, 15) is 22.4 Å². The monoisotopic (exact) mass is 416 g/mol. The van der Waals surface area contributed by atoms with E-state index in [4.69, 9.17) is 5.21 Å². The van der Waals surface area contributed by atoms with Crippen LogP contribution in [0.5, 0.6) is 0 Å². The van der Waals surface area contributed by atoms with Crippen molar-refractivity contribution < 1.29 is 27.6 Å². The van der Waals surface area contributed by atoms with Gasteiger partial charge in [-0.25, -0.2) is 9.87 Å². The fraction of sp³-hybridized carbons (Fsp3) is 0.529. The minimum Gasteiger partial charge on any atom is -0.348 e. The standard InChI is InChI=1S/C17H25FN4O5S/c1-2-3-9-21(12-16(23)20-25)28(26,27)22-10-8-15(11-22)19-17(24)13-4-6-14(18)7-5-13/h4-7,15,25H,2-3,8-12H2,1H3,(H,19,24)(H,20,23). The van der Waals surface area contributed by atoms with Crippen molar-refractivity contribution in [1.82, 2.24) is 19.4 Å². The molecule has 0 bridgehead atoms. The van der Waals surface area contributed by atoms with E-state index in [1.54, 1.807) is 0 Å². The first kappa shape index (κ1) is 22.2. The van der Waals surface area contributed by atoms with E-state index in [-0.39, 0.29) is 25.2 Å². The third kappa shape index (κ3) is 5.71. The van der Waals surface area contributed by atoms with Crippen molar-refractivity contribution in [1.29, 1.82) is 0 Å². The maximum absolute atomic E-state index is 13.0. The van der Waals surface area contributed by atoms with E-state index in [2.05, 4.69) is 5.32 Å². The van der Waals surface area contributed by atoms with Crippen molar-refractivity contribution in [3.05, 3.63) is 35.6 Å². The van der Waals surface area contributed by atoms with Crippen molar-refractivity contribution in [3.8, 4) is 0 Å². The van der Waals surface area contributed by atoms with Gasteiger partial charge >= 0.3 is 0 Å². The normalized spacial score (nSPS) is 17.6. The zero-order valence-corrected chi connectivity index (χ0v) is 16.4. The number of nitrogens with zero attached hydrogens (tertiary/aromatic N) is 2. The number of hydrogen-bond donors (Lipinski definition) is 3. The van der Waals surface area contributed by atoms with Crippen LogP contribution in [0.15, 0.2) is 24.3 Å². The van der Waals surface area contributed by atoms with Crippen molar-refractivity contribution in [2.24, 2.45) is 0 Å². The van der Waals surface area contributed by atoms with Crippen LogP contribution in [0.4, 0.5) is 4.39 Å². The number of hydrogen-bond acceptors (Lipinski definition) is 5. The number of unbranched alkanes of at least 4 members (excludes halogenated alkanes) is 1. The molecular weight excluding hydrogens is 391 g/mol. The smallest absolute Gasteiger partial charge is 0.282 e. The number of benzene rings is 1. The van der Waals surface area contributed by atoms with Crippen LogP contribution >= 0.6 is 0 Å². The van der Waals surface area contributed by atoms with Crippen molar-refractivity contribution in [2.45, 2.75) is 32.2 Å². The summed E-state index contributed by atoms with van der Waals surface area (Å²) < 4.78 is 40.9. The first-order chi connectivity index (χ1) is 13.3. The van der Waals surface area contributed by atoms with Gasteiger partial charge in [-0.05, 0) is 37.1 Å². The molecule has 1 aliphatic heterocycles. The fourth-order valence-electron chi connectivity index (χ4n) is 2.89. The summed E-state index contributed by atoms with van der Waals surface area (Å²) in [6, 6.07) is 4.67. The molecule has 9 nitrogen and oxygen atoms in total. The Kier molecular flexibility index (Phi) is 7.87. The van der Waals surface area contributed by atoms with Crippen LogP contribution in [-0.4, -0.2) is 66.3 Å². The van der Waals surface area contributed by atoms with E-state index in [0.29, 0.717) is 12.8 Å². The first-order valence-electron chi connectivity index (χ1n) is 9.02. The zero-order valence-electron chi connectivity index (χ0n) is 15.6. The van der Waals surface area contributed by atoms with Gasteiger partial charge in [-0.15, -0.1) is 0 Å². The number of nitrogens with one attached hydrogen (secondary N) is 2. The number of carbonyl (C=O) groups excluding carboxylic acids is 2. The maximum Gasteiger partial charge on any atom is 0.282 e. The van der Waals surface area contributed by atoms with E-state index in [1.165, 1.54) is 34.1 Å². The van der Waals surface area contributed by atoms with Crippen LogP contribution in [0.1, 0.15) is 36.5 Å². The molecule has 1 unspecified atom stereocenters. The average molecular weight is 416 g/mol. The minimum atomic E-state index is -3.92. The molecule has 0 spiro atoms. The van der Waals surface area contributed by atoms with Gasteiger partial charge in [-0.2, -0.15) is 17.0 Å². The summed E-state index contributed by atoms with van der Waals surface area (Å²) in [5, 5.41) is 11.4. The molecule has 11 heteroatoms. The summed E-state index contributed by atoms with van der Waals surface area (Å²) in [6.07, 6.45) is 1.72. The van der Waals surface area contributed by atoms with Gasteiger partial charge < -0.3 is 5.32 Å². The molecule has 0 radical (unpaired) electrons. The third-order valence-electron chi connectivity index (χ3n) is 4.45. The van der Waals surface area contributed by atoms with Crippen molar-refractivity contribution >= 4 is 22.0 Å². The highest BCUT2D eigenvalue weighted by atomic mass is 32.2. The summed E-state index contributed by atoms with van der Waals surface area (Å²) in [6.45, 7) is 1.82. The molecule has 0 aromatic heterocycles. The molecular formula is C17H25FN4O5S. The molecule has 2 amide bonds. The van der Waals surface area contributed by atoms with Crippen LogP contribution in [-0.2, 0) is 15.0 Å². The largest absolute Gasteiger partial charge is 0.348 e. The van der Waals surface area contributed by atoms with Crippen LogP contribution in [0, 0.1) is 5.82 Å². The SMILES string of the molecule is CCCCN(CC(=O)NO)S(=O)(=O)N1CCC(NC(=O)c2ccc(F)cc2)C1. The number of rotatable bonds is 9. The molecule has 1 aliphatic rings. The van der Waals surface area contributed by atoms with Crippen molar-refractivity contribution in [2.75, 3.05) is 26.2 Å². The van der Waals surface area contributed by atoms with Gasteiger partial charge in [0.05, 0.1) is 6.54 Å². The third-order valence-corrected chi connectivity index (χ3v) is 6.40. The van der Waals surface area contributed by atoms with Gasteiger partial charge in [0.25, 0.3) is 22.0 Å². The Hall–Kier alpha value is -2.08. The van der Waals surface area contributed by atoms with E-state index in [0.717, 1.165) is 10.7 Å². The predicted octanol–water partition coefficient (Wildman–Crippen LogP) is 0.482. The lowest BCUT2D eigenvalue weighted by molar-refractivity contribution is -0.129. The maximum atomic E-state index is 13.0. The van der Waals surface area contributed by atoms with Crippen LogP contribution in [0.3, 0.4) is 0 Å². The van der Waals surface area contributed by atoms with Gasteiger partial charge in [0, 0.05) is 31.2 Å². The molecule has 1 heterocycles. The number of carbonyl (C=O) groups is 2. The summed E-state index contributed by atoms with van der Waals surface area (Å²) in [5.74, 6) is -1.68. The molecule has 1 saturated heterocycles. The second-order valence-electron chi connectivity index (χ2n) is 6.55. The molecule has 1 aromatic carbocycles. The molecule has 2 rings (SSSR count). The summed E-state index contributed by atoms with van der Waals surface area (Å²) in [7, 11) is -3.92. The van der Waals surface area contributed by atoms with Gasteiger partial charge in [-0.3, -0.25) is 14.8 Å². The molecule has 156 valence electrons. The molecule has 1 aromatic rings. The quantitative estimate of drug-likeness (QED) is 0.400. The molecule has 1 fully saturated rings. The summed E-state index contributed by atoms with van der Waals surface area (Å²) >= 11 is 0. The molecule has 1 atom stereocenters. The van der Waals surface area contributed by atoms with Gasteiger partial charge in [-0.1, -0.05) is 13.3 Å². The predicted molar refractivity (Wildman–Crippen MR) is 99.2 cm³/mol. The first-order valence-corrected chi connectivity index (χ1v) is 10.4. The second kappa shape index (κ2) is 9.92.